The van der Waals surface area contributed by atoms with Gasteiger partial charge < -0.3 is 15.2 Å². The average Bonchev–Trinajstić information content (AvgIpc) is 2.28. The zero-order valence-corrected chi connectivity index (χ0v) is 13.0. The molecule has 0 aliphatic rings. The molecule has 0 saturated carbocycles. The largest absolute Gasteiger partial charge is 0.388 e. The van der Waals surface area contributed by atoms with Gasteiger partial charge in [0.25, 0.3) is 5.56 Å². The van der Waals surface area contributed by atoms with Gasteiger partial charge in [-0.05, 0) is 34.6 Å². The number of nitrogens with one attached hydrogen (secondary N) is 1. The monoisotopic (exact) mass is 279 g/mol. The van der Waals surface area contributed by atoms with Gasteiger partial charge in [0.15, 0.2) is 5.82 Å². The van der Waals surface area contributed by atoms with Crippen molar-refractivity contribution in [1.82, 2.24) is 9.55 Å². The van der Waals surface area contributed by atoms with E-state index in [1.807, 2.05) is 39.5 Å². The topological polar surface area (TPSA) is 88.0 Å². The van der Waals surface area contributed by atoms with Crippen LogP contribution in [0.15, 0.2) is 17.2 Å². The van der Waals surface area contributed by atoms with Gasteiger partial charge in [-0.15, -0.1) is 0 Å². The van der Waals surface area contributed by atoms with Gasteiger partial charge in [0, 0.05) is 36.9 Å². The lowest BCUT2D eigenvalue weighted by molar-refractivity contribution is 0.381. The molecule has 0 atom stereocenters. The molecule has 0 spiro atoms. The van der Waals surface area contributed by atoms with Crippen LogP contribution in [-0.2, 0) is 5.54 Å². The number of amidine groups is 1. The summed E-state index contributed by atoms with van der Waals surface area (Å²) in [5, 5.41) is 7.33. The van der Waals surface area contributed by atoms with Crippen molar-refractivity contribution in [2.45, 2.75) is 52.6 Å². The molecule has 1 aromatic heterocycles. The third kappa shape index (κ3) is 3.82. The Hall–Kier alpha value is -1.85. The second kappa shape index (κ2) is 6.07. The maximum absolute atomic E-state index is 12.6. The zero-order chi connectivity index (χ0) is 15.5. The molecule has 6 nitrogen and oxygen atoms in total. The Morgan fingerprint density at radius 3 is 2.55 bits per heavy atom. The lowest BCUT2D eigenvalue weighted by atomic mass is 10.1. The molecule has 0 aliphatic carbocycles. The Balaban J connectivity index is 3.22. The van der Waals surface area contributed by atoms with Crippen molar-refractivity contribution in [3.63, 3.8) is 0 Å². The van der Waals surface area contributed by atoms with Crippen LogP contribution in [0.3, 0.4) is 0 Å². The molecule has 3 N–H and O–H groups in total. The van der Waals surface area contributed by atoms with E-state index in [9.17, 15) is 4.79 Å². The molecule has 20 heavy (non-hydrogen) atoms. The van der Waals surface area contributed by atoms with E-state index in [0.717, 1.165) is 0 Å². The van der Waals surface area contributed by atoms with Gasteiger partial charge in [0.05, 0.1) is 5.84 Å². The van der Waals surface area contributed by atoms with Crippen LogP contribution < -0.4 is 16.2 Å². The van der Waals surface area contributed by atoms with Crippen molar-refractivity contribution in [3.05, 3.63) is 22.7 Å². The number of nitrogens with zero attached hydrogens (tertiary/aromatic N) is 3. The van der Waals surface area contributed by atoms with E-state index in [2.05, 4.69) is 4.98 Å². The molecular formula is C14H25N5O. The third-order valence-electron chi connectivity index (χ3n) is 3.06. The second-order valence-corrected chi connectivity index (χ2v) is 6.16. The summed E-state index contributed by atoms with van der Waals surface area (Å²) in [5.41, 5.74) is 5.00. The highest BCUT2D eigenvalue weighted by atomic mass is 16.1. The first-order valence-electron chi connectivity index (χ1n) is 6.82. The quantitative estimate of drug-likeness (QED) is 0.632. The van der Waals surface area contributed by atoms with Crippen LogP contribution in [0.1, 0.15) is 41.0 Å². The molecule has 0 aromatic carbocycles. The van der Waals surface area contributed by atoms with Crippen molar-refractivity contribution >= 4 is 11.7 Å². The number of rotatable bonds is 5. The van der Waals surface area contributed by atoms with Crippen LogP contribution in [0, 0.1) is 5.41 Å². The Morgan fingerprint density at radius 1 is 1.50 bits per heavy atom. The van der Waals surface area contributed by atoms with Gasteiger partial charge in [-0.25, -0.2) is 4.98 Å². The number of anilines is 1. The van der Waals surface area contributed by atoms with Crippen LogP contribution in [0.25, 0.3) is 0 Å². The molecular weight excluding hydrogens is 254 g/mol. The van der Waals surface area contributed by atoms with Gasteiger partial charge in [-0.2, -0.15) is 0 Å². The van der Waals surface area contributed by atoms with Gasteiger partial charge in [0.1, 0.15) is 0 Å². The maximum Gasteiger partial charge on any atom is 0.293 e. The van der Waals surface area contributed by atoms with Crippen molar-refractivity contribution in [3.8, 4) is 0 Å². The molecule has 0 bridgehead atoms. The Bertz CT molecular complexity index is 527. The second-order valence-electron chi connectivity index (χ2n) is 6.16. The highest BCUT2D eigenvalue weighted by Gasteiger charge is 2.21. The van der Waals surface area contributed by atoms with Crippen molar-refractivity contribution in [1.29, 1.82) is 5.41 Å². The van der Waals surface area contributed by atoms with E-state index >= 15 is 0 Å². The summed E-state index contributed by atoms with van der Waals surface area (Å²) in [4.78, 5) is 18.7. The molecule has 0 saturated heterocycles. The zero-order valence-electron chi connectivity index (χ0n) is 13.0. The fourth-order valence-electron chi connectivity index (χ4n) is 1.98. The highest BCUT2D eigenvalue weighted by Crippen LogP contribution is 2.14. The summed E-state index contributed by atoms with van der Waals surface area (Å²) in [6, 6.07) is 0.116. The molecule has 1 aromatic rings. The number of hydrogen-bond donors (Lipinski definition) is 2. The minimum atomic E-state index is -0.294. The highest BCUT2D eigenvalue weighted by molar-refractivity contribution is 5.77. The fraction of sp³-hybridized carbons (Fsp3) is 0.643. The third-order valence-corrected chi connectivity index (χ3v) is 3.06. The average molecular weight is 279 g/mol. The Kier molecular flexibility index (Phi) is 4.92. The Morgan fingerprint density at radius 2 is 2.10 bits per heavy atom. The van der Waals surface area contributed by atoms with E-state index in [-0.39, 0.29) is 23.0 Å². The first-order chi connectivity index (χ1) is 9.14. The SMILES string of the molecule is CC(C)N(CCC(=N)N)c1nccn(C(C)(C)C)c1=O. The van der Waals surface area contributed by atoms with Crippen LogP contribution >= 0.6 is 0 Å². The Labute approximate surface area is 120 Å². The van der Waals surface area contributed by atoms with E-state index in [4.69, 9.17) is 11.1 Å². The maximum atomic E-state index is 12.6. The predicted octanol–water partition coefficient (Wildman–Crippen LogP) is 1.54. The summed E-state index contributed by atoms with van der Waals surface area (Å²) < 4.78 is 1.68. The van der Waals surface area contributed by atoms with Crippen molar-refractivity contribution < 1.29 is 0 Å². The van der Waals surface area contributed by atoms with Crippen LogP contribution in [0.5, 0.6) is 0 Å². The van der Waals surface area contributed by atoms with Crippen molar-refractivity contribution in [2.75, 3.05) is 11.4 Å². The molecule has 0 unspecified atom stereocenters. The van der Waals surface area contributed by atoms with Crippen LogP contribution in [-0.4, -0.2) is 28.0 Å². The summed E-state index contributed by atoms with van der Waals surface area (Å²) in [5.74, 6) is 0.529. The molecule has 1 heterocycles. The standard InChI is InChI=1S/C14H25N5O/c1-10(2)18(8-6-11(15)16)12-13(20)19(9-7-17-12)14(3,4)5/h7,9-10H,6,8H2,1-5H3,(H3,15,16). The fourth-order valence-corrected chi connectivity index (χ4v) is 1.98. The molecule has 0 amide bonds. The molecule has 0 aliphatic heterocycles. The summed E-state index contributed by atoms with van der Waals surface area (Å²) >= 11 is 0. The summed E-state index contributed by atoms with van der Waals surface area (Å²) in [7, 11) is 0. The lowest BCUT2D eigenvalue weighted by Gasteiger charge is -2.29. The predicted molar refractivity (Wildman–Crippen MR) is 82.5 cm³/mol. The molecule has 0 radical (unpaired) electrons. The summed E-state index contributed by atoms with van der Waals surface area (Å²) in [6.45, 7) is 10.4. The van der Waals surface area contributed by atoms with Gasteiger partial charge in [0.2, 0.25) is 0 Å². The molecule has 6 heteroatoms. The first-order valence-corrected chi connectivity index (χ1v) is 6.82. The number of hydrogen-bond acceptors (Lipinski definition) is 4. The van der Waals surface area contributed by atoms with Gasteiger partial charge in [-0.3, -0.25) is 10.2 Å². The minimum Gasteiger partial charge on any atom is -0.388 e. The molecule has 1 rings (SSSR count). The number of nitrogens with two attached hydrogens (primary N) is 1. The lowest BCUT2D eigenvalue weighted by Crippen LogP contribution is -2.42. The van der Waals surface area contributed by atoms with Crippen LogP contribution in [0.2, 0.25) is 0 Å². The van der Waals surface area contributed by atoms with E-state index < -0.39 is 0 Å². The van der Waals surface area contributed by atoms with E-state index in [1.54, 1.807) is 17.0 Å². The van der Waals surface area contributed by atoms with E-state index in [1.165, 1.54) is 0 Å². The smallest absolute Gasteiger partial charge is 0.293 e. The number of aromatic nitrogens is 2. The molecule has 112 valence electrons. The van der Waals surface area contributed by atoms with E-state index in [0.29, 0.717) is 18.8 Å². The molecule has 0 fully saturated rings. The van der Waals surface area contributed by atoms with Gasteiger partial charge >= 0.3 is 0 Å². The van der Waals surface area contributed by atoms with Crippen LogP contribution in [0.4, 0.5) is 5.82 Å². The first kappa shape index (κ1) is 16.2. The summed E-state index contributed by atoms with van der Waals surface area (Å²) in [6.07, 6.45) is 3.77. The van der Waals surface area contributed by atoms with Crippen molar-refractivity contribution in [2.24, 2.45) is 5.73 Å². The minimum absolute atomic E-state index is 0.114. The normalized spacial score (nSPS) is 11.7. The van der Waals surface area contributed by atoms with Gasteiger partial charge in [-0.1, -0.05) is 0 Å².